The Kier molecular flexibility index (Phi) is 1.73. The van der Waals surface area contributed by atoms with Crippen LogP contribution in [0.2, 0.25) is 0 Å². The molecule has 13 heavy (non-hydrogen) atoms. The first kappa shape index (κ1) is 8.11. The second-order valence-electron chi connectivity index (χ2n) is 3.35. The fraction of sp³-hybridized carbons (Fsp3) is 0.556. The Labute approximate surface area is 77.0 Å². The lowest BCUT2D eigenvalue weighted by atomic mass is 10.2. The van der Waals surface area contributed by atoms with Crippen molar-refractivity contribution in [2.75, 3.05) is 5.73 Å². The Morgan fingerprint density at radius 2 is 2.38 bits per heavy atom. The molecule has 2 N–H and O–H groups in total. The Balaban J connectivity index is 2.48. The van der Waals surface area contributed by atoms with E-state index in [1.807, 2.05) is 6.92 Å². The molecule has 4 heteroatoms. The smallest absolute Gasteiger partial charge is 0.140 e. The van der Waals surface area contributed by atoms with Crippen molar-refractivity contribution in [1.82, 2.24) is 9.78 Å². The second-order valence-corrected chi connectivity index (χ2v) is 3.35. The fourth-order valence-corrected chi connectivity index (χ4v) is 1.46. The van der Waals surface area contributed by atoms with Crippen LogP contribution < -0.4 is 5.73 Å². The van der Waals surface area contributed by atoms with Crippen LogP contribution in [0.5, 0.6) is 0 Å². The molecule has 1 aliphatic carbocycles. The number of nitrogens with zero attached hydrogens (tertiary/aromatic N) is 3. The Hall–Kier alpha value is -1.50. The summed E-state index contributed by atoms with van der Waals surface area (Å²) in [5.74, 6) is 0.543. The summed E-state index contributed by atoms with van der Waals surface area (Å²) in [4.78, 5) is 0. The summed E-state index contributed by atoms with van der Waals surface area (Å²) in [5, 5.41) is 13.2. The van der Waals surface area contributed by atoms with Crippen LogP contribution in [0.15, 0.2) is 0 Å². The van der Waals surface area contributed by atoms with Gasteiger partial charge in [0.1, 0.15) is 17.5 Å². The highest BCUT2D eigenvalue weighted by Gasteiger charge is 2.28. The third-order valence-corrected chi connectivity index (χ3v) is 2.36. The van der Waals surface area contributed by atoms with E-state index in [1.165, 1.54) is 0 Å². The standard InChI is InChI=1S/C9H12N4/c1-2-8-7(5-10)9(11)13(12-8)6-3-4-6/h6H,2-4,11H2,1H3. The van der Waals surface area contributed by atoms with E-state index in [4.69, 9.17) is 11.0 Å². The van der Waals surface area contributed by atoms with E-state index in [9.17, 15) is 0 Å². The van der Waals surface area contributed by atoms with Crippen LogP contribution in [-0.2, 0) is 6.42 Å². The van der Waals surface area contributed by atoms with Gasteiger partial charge in [0.15, 0.2) is 0 Å². The van der Waals surface area contributed by atoms with Crippen LogP contribution in [0.1, 0.15) is 37.1 Å². The number of hydrogen-bond donors (Lipinski definition) is 1. The number of aromatic nitrogens is 2. The van der Waals surface area contributed by atoms with Crippen molar-refractivity contribution in [3.8, 4) is 6.07 Å². The van der Waals surface area contributed by atoms with E-state index >= 15 is 0 Å². The molecule has 0 bridgehead atoms. The van der Waals surface area contributed by atoms with Gasteiger partial charge in [-0.25, -0.2) is 4.68 Å². The first-order valence-corrected chi connectivity index (χ1v) is 4.54. The summed E-state index contributed by atoms with van der Waals surface area (Å²) in [6, 6.07) is 2.56. The number of hydrogen-bond acceptors (Lipinski definition) is 3. The topological polar surface area (TPSA) is 67.6 Å². The Bertz CT molecular complexity index is 368. The number of anilines is 1. The molecule has 1 saturated carbocycles. The molecule has 2 rings (SSSR count). The first-order chi connectivity index (χ1) is 6.27. The minimum absolute atomic E-state index is 0.451. The molecule has 0 amide bonds. The van der Waals surface area contributed by atoms with Crippen LogP contribution in [-0.4, -0.2) is 9.78 Å². The normalized spacial score (nSPS) is 15.7. The molecule has 1 heterocycles. The van der Waals surface area contributed by atoms with E-state index in [0.29, 0.717) is 17.4 Å². The number of nitrogen functional groups attached to an aromatic ring is 1. The molecule has 0 atom stereocenters. The lowest BCUT2D eigenvalue weighted by molar-refractivity contribution is 0.640. The van der Waals surface area contributed by atoms with Gasteiger partial charge in [-0.15, -0.1) is 0 Å². The first-order valence-electron chi connectivity index (χ1n) is 4.54. The van der Waals surface area contributed by atoms with Crippen LogP contribution >= 0.6 is 0 Å². The molecular formula is C9H12N4. The molecule has 0 unspecified atom stereocenters. The van der Waals surface area contributed by atoms with Gasteiger partial charge in [0.05, 0.1) is 11.7 Å². The van der Waals surface area contributed by atoms with E-state index < -0.39 is 0 Å². The summed E-state index contributed by atoms with van der Waals surface area (Å²) < 4.78 is 1.80. The second kappa shape index (κ2) is 2.77. The number of nitriles is 1. The maximum Gasteiger partial charge on any atom is 0.140 e. The maximum absolute atomic E-state index is 8.86. The maximum atomic E-state index is 8.86. The zero-order valence-corrected chi connectivity index (χ0v) is 7.62. The summed E-state index contributed by atoms with van der Waals surface area (Å²) in [6.45, 7) is 1.99. The highest BCUT2D eigenvalue weighted by atomic mass is 15.3. The highest BCUT2D eigenvalue weighted by Crippen LogP contribution is 2.37. The van der Waals surface area contributed by atoms with Crippen LogP contribution in [0.25, 0.3) is 0 Å². The number of aryl methyl sites for hydroxylation is 1. The van der Waals surface area contributed by atoms with E-state index in [2.05, 4.69) is 11.2 Å². The minimum atomic E-state index is 0.451. The third-order valence-electron chi connectivity index (χ3n) is 2.36. The Morgan fingerprint density at radius 1 is 1.69 bits per heavy atom. The molecule has 1 fully saturated rings. The zero-order chi connectivity index (χ0) is 9.42. The van der Waals surface area contributed by atoms with Crippen molar-refractivity contribution in [2.45, 2.75) is 32.2 Å². The van der Waals surface area contributed by atoms with Gasteiger partial charge >= 0.3 is 0 Å². The van der Waals surface area contributed by atoms with Gasteiger partial charge in [0.2, 0.25) is 0 Å². The van der Waals surface area contributed by atoms with Crippen LogP contribution in [0, 0.1) is 11.3 Å². The van der Waals surface area contributed by atoms with Gasteiger partial charge in [-0.2, -0.15) is 10.4 Å². The van der Waals surface area contributed by atoms with E-state index in [0.717, 1.165) is 25.0 Å². The SMILES string of the molecule is CCc1nn(C2CC2)c(N)c1C#N. The molecule has 0 saturated heterocycles. The largest absolute Gasteiger partial charge is 0.383 e. The highest BCUT2D eigenvalue weighted by molar-refractivity contribution is 5.52. The lowest BCUT2D eigenvalue weighted by Crippen LogP contribution is -2.02. The quantitative estimate of drug-likeness (QED) is 0.737. The molecule has 0 radical (unpaired) electrons. The minimum Gasteiger partial charge on any atom is -0.383 e. The molecule has 68 valence electrons. The van der Waals surface area contributed by atoms with Crippen molar-refractivity contribution >= 4 is 5.82 Å². The van der Waals surface area contributed by atoms with Crippen LogP contribution in [0.3, 0.4) is 0 Å². The Morgan fingerprint density at radius 3 is 2.77 bits per heavy atom. The molecular weight excluding hydrogens is 164 g/mol. The molecule has 0 spiro atoms. The predicted octanol–water partition coefficient (Wildman–Crippen LogP) is 1.23. The van der Waals surface area contributed by atoms with Crippen molar-refractivity contribution in [3.63, 3.8) is 0 Å². The summed E-state index contributed by atoms with van der Waals surface area (Å²) in [6.07, 6.45) is 3.05. The lowest BCUT2D eigenvalue weighted by Gasteiger charge is -1.98. The van der Waals surface area contributed by atoms with Crippen molar-refractivity contribution in [3.05, 3.63) is 11.3 Å². The van der Waals surface area contributed by atoms with Gasteiger partial charge in [0, 0.05) is 0 Å². The average Bonchev–Trinajstić information content (AvgIpc) is 2.91. The van der Waals surface area contributed by atoms with E-state index in [-0.39, 0.29) is 0 Å². The van der Waals surface area contributed by atoms with Gasteiger partial charge in [-0.05, 0) is 19.3 Å². The fourth-order valence-electron chi connectivity index (χ4n) is 1.46. The number of nitrogens with two attached hydrogens (primary N) is 1. The van der Waals surface area contributed by atoms with Gasteiger partial charge in [-0.1, -0.05) is 6.92 Å². The summed E-state index contributed by atoms with van der Waals surface area (Å²) in [7, 11) is 0. The van der Waals surface area contributed by atoms with Gasteiger partial charge in [0.25, 0.3) is 0 Å². The zero-order valence-electron chi connectivity index (χ0n) is 7.62. The van der Waals surface area contributed by atoms with Crippen LogP contribution in [0.4, 0.5) is 5.82 Å². The van der Waals surface area contributed by atoms with Crippen molar-refractivity contribution in [2.24, 2.45) is 0 Å². The number of rotatable bonds is 2. The average molecular weight is 176 g/mol. The van der Waals surface area contributed by atoms with Crippen molar-refractivity contribution in [1.29, 1.82) is 5.26 Å². The molecule has 1 aliphatic rings. The predicted molar refractivity (Wildman–Crippen MR) is 49.0 cm³/mol. The molecule has 4 nitrogen and oxygen atoms in total. The summed E-state index contributed by atoms with van der Waals surface area (Å²) in [5.41, 5.74) is 7.20. The summed E-state index contributed by atoms with van der Waals surface area (Å²) >= 11 is 0. The van der Waals surface area contributed by atoms with Gasteiger partial charge in [-0.3, -0.25) is 0 Å². The third kappa shape index (κ3) is 1.17. The van der Waals surface area contributed by atoms with Gasteiger partial charge < -0.3 is 5.73 Å². The molecule has 1 aromatic heterocycles. The monoisotopic (exact) mass is 176 g/mol. The molecule has 0 aliphatic heterocycles. The molecule has 1 aromatic rings. The molecule has 0 aromatic carbocycles. The van der Waals surface area contributed by atoms with Crippen molar-refractivity contribution < 1.29 is 0 Å². The van der Waals surface area contributed by atoms with E-state index in [1.54, 1.807) is 4.68 Å².